The van der Waals surface area contributed by atoms with Crippen LogP contribution in [0.15, 0.2) is 36.7 Å². The highest BCUT2D eigenvalue weighted by molar-refractivity contribution is 7.15. The lowest BCUT2D eigenvalue weighted by molar-refractivity contribution is -0.141. The highest BCUT2D eigenvalue weighted by atomic mass is 32.1. The van der Waals surface area contributed by atoms with Crippen LogP contribution in [0, 0.1) is 6.92 Å². The largest absolute Gasteiger partial charge is 0.433 e. The normalized spacial score (nSPS) is 16.4. The number of hydrogen-bond donors (Lipinski definition) is 2. The van der Waals surface area contributed by atoms with Crippen molar-refractivity contribution in [3.63, 3.8) is 0 Å². The van der Waals surface area contributed by atoms with Gasteiger partial charge in [0.25, 0.3) is 0 Å². The van der Waals surface area contributed by atoms with E-state index in [0.717, 1.165) is 28.3 Å². The van der Waals surface area contributed by atoms with Crippen molar-refractivity contribution in [3.8, 4) is 10.4 Å². The Labute approximate surface area is 174 Å². The first kappa shape index (κ1) is 20.7. The molecular weight excluding hydrogens is 417 g/mol. The van der Waals surface area contributed by atoms with Crippen molar-refractivity contribution in [1.29, 1.82) is 0 Å². The van der Waals surface area contributed by atoms with Crippen molar-refractivity contribution in [2.24, 2.45) is 0 Å². The van der Waals surface area contributed by atoms with Crippen molar-refractivity contribution in [2.75, 3.05) is 18.5 Å². The Hall–Kier alpha value is -2.56. The molecule has 0 amide bonds. The summed E-state index contributed by atoms with van der Waals surface area (Å²) < 4.78 is 44.0. The molecule has 2 N–H and O–H groups in total. The van der Waals surface area contributed by atoms with E-state index in [1.165, 1.54) is 11.3 Å². The summed E-state index contributed by atoms with van der Waals surface area (Å²) in [5.74, 6) is -0.136. The topological polar surface area (TPSA) is 80.2 Å². The molecule has 6 nitrogen and oxygen atoms in total. The maximum Gasteiger partial charge on any atom is 0.433 e. The molecule has 1 aromatic carbocycles. The van der Waals surface area contributed by atoms with Crippen LogP contribution in [0.5, 0.6) is 0 Å². The number of aryl methyl sites for hydroxylation is 1. The monoisotopic (exact) mass is 436 g/mol. The summed E-state index contributed by atoms with van der Waals surface area (Å²) >= 11 is 1.40. The maximum atomic E-state index is 12.9. The quantitative estimate of drug-likeness (QED) is 0.619. The van der Waals surface area contributed by atoms with Gasteiger partial charge < -0.3 is 15.2 Å². The summed E-state index contributed by atoms with van der Waals surface area (Å²) in [7, 11) is 0. The standard InChI is InChI=1S/C20H19F3N4O2S/c1-12-8-13(15-11-25-17(30-15)19(28)3-6-29-7-4-19)10-14(9-12)26-18-24-5-2-16(27-18)20(21,22)23/h2,5,8-11,28H,3-4,6-7H2,1H3,(H,24,26,27). The minimum Gasteiger partial charge on any atom is -0.382 e. The van der Waals surface area contributed by atoms with Crippen molar-refractivity contribution >= 4 is 23.0 Å². The number of nitrogens with zero attached hydrogens (tertiary/aromatic N) is 3. The number of aromatic nitrogens is 3. The second-order valence-corrected chi connectivity index (χ2v) is 8.18. The van der Waals surface area contributed by atoms with E-state index in [1.807, 2.05) is 13.0 Å². The second-order valence-electron chi connectivity index (χ2n) is 7.15. The predicted octanol–water partition coefficient (Wildman–Crippen LogP) is 4.67. The summed E-state index contributed by atoms with van der Waals surface area (Å²) in [5.41, 5.74) is 0.303. The van der Waals surface area contributed by atoms with E-state index in [0.29, 0.717) is 36.8 Å². The number of halogens is 3. The van der Waals surface area contributed by atoms with Gasteiger partial charge in [-0.3, -0.25) is 0 Å². The number of aliphatic hydroxyl groups is 1. The van der Waals surface area contributed by atoms with Gasteiger partial charge in [-0.25, -0.2) is 15.0 Å². The number of anilines is 2. The number of rotatable bonds is 4. The van der Waals surface area contributed by atoms with E-state index in [-0.39, 0.29) is 5.95 Å². The molecule has 0 atom stereocenters. The summed E-state index contributed by atoms with van der Waals surface area (Å²) in [5, 5.41) is 14.3. The van der Waals surface area contributed by atoms with Gasteiger partial charge in [0.1, 0.15) is 16.3 Å². The van der Waals surface area contributed by atoms with Crippen LogP contribution < -0.4 is 5.32 Å². The van der Waals surface area contributed by atoms with Crippen LogP contribution >= 0.6 is 11.3 Å². The average molecular weight is 436 g/mol. The SMILES string of the molecule is Cc1cc(Nc2nccc(C(F)(F)F)n2)cc(-c2cnc(C3(O)CCOCC3)s2)c1. The summed E-state index contributed by atoms with van der Waals surface area (Å²) in [6.45, 7) is 2.86. The summed E-state index contributed by atoms with van der Waals surface area (Å²) in [6.07, 6.45) is -0.785. The lowest BCUT2D eigenvalue weighted by Crippen LogP contribution is -2.33. The molecule has 3 heterocycles. The molecular formula is C20H19F3N4O2S. The highest BCUT2D eigenvalue weighted by Gasteiger charge is 2.35. The van der Waals surface area contributed by atoms with E-state index in [4.69, 9.17) is 4.74 Å². The van der Waals surface area contributed by atoms with Crippen molar-refractivity contribution in [3.05, 3.63) is 52.9 Å². The molecule has 1 saturated heterocycles. The first-order valence-corrected chi connectivity index (χ1v) is 10.1. The Morgan fingerprint density at radius 2 is 1.93 bits per heavy atom. The fourth-order valence-electron chi connectivity index (χ4n) is 3.25. The van der Waals surface area contributed by atoms with Gasteiger partial charge in [0, 0.05) is 44.1 Å². The zero-order valence-electron chi connectivity index (χ0n) is 16.0. The first-order valence-electron chi connectivity index (χ1n) is 9.29. The molecule has 2 aromatic heterocycles. The lowest BCUT2D eigenvalue weighted by Gasteiger charge is -2.29. The van der Waals surface area contributed by atoms with Crippen LogP contribution in [0.1, 0.15) is 29.1 Å². The zero-order valence-corrected chi connectivity index (χ0v) is 16.8. The second kappa shape index (κ2) is 7.93. The minimum atomic E-state index is -4.54. The van der Waals surface area contributed by atoms with Gasteiger partial charge in [0.05, 0.1) is 4.88 Å². The van der Waals surface area contributed by atoms with Gasteiger partial charge >= 0.3 is 6.18 Å². The molecule has 1 aliphatic rings. The molecule has 0 aliphatic carbocycles. The molecule has 158 valence electrons. The molecule has 1 fully saturated rings. The third-order valence-corrected chi connectivity index (χ3v) is 6.03. The molecule has 0 spiro atoms. The van der Waals surface area contributed by atoms with Crippen LogP contribution in [-0.4, -0.2) is 33.3 Å². The number of alkyl halides is 3. The van der Waals surface area contributed by atoms with Gasteiger partial charge in [-0.2, -0.15) is 13.2 Å². The molecule has 30 heavy (non-hydrogen) atoms. The molecule has 1 aliphatic heterocycles. The predicted molar refractivity (Wildman–Crippen MR) is 107 cm³/mol. The van der Waals surface area contributed by atoms with Gasteiger partial charge in [-0.15, -0.1) is 11.3 Å². The van der Waals surface area contributed by atoms with E-state index < -0.39 is 17.5 Å². The van der Waals surface area contributed by atoms with E-state index in [9.17, 15) is 18.3 Å². The number of nitrogens with one attached hydrogen (secondary N) is 1. The Morgan fingerprint density at radius 3 is 2.67 bits per heavy atom. The zero-order chi connectivity index (χ0) is 21.4. The van der Waals surface area contributed by atoms with Gasteiger partial charge in [-0.05, 0) is 36.2 Å². The summed E-state index contributed by atoms with van der Waals surface area (Å²) in [6, 6.07) is 6.36. The van der Waals surface area contributed by atoms with Crippen molar-refractivity contribution < 1.29 is 23.0 Å². The highest BCUT2D eigenvalue weighted by Crippen LogP contribution is 2.38. The smallest absolute Gasteiger partial charge is 0.382 e. The third-order valence-electron chi connectivity index (χ3n) is 4.79. The molecule has 0 saturated carbocycles. The number of benzene rings is 1. The van der Waals surface area contributed by atoms with Crippen LogP contribution in [0.4, 0.5) is 24.8 Å². The Bertz CT molecular complexity index is 1050. The fraction of sp³-hybridized carbons (Fsp3) is 0.350. The fourth-order valence-corrected chi connectivity index (χ4v) is 4.30. The first-order chi connectivity index (χ1) is 14.2. The van der Waals surface area contributed by atoms with Crippen LogP contribution in [0.3, 0.4) is 0 Å². The lowest BCUT2D eigenvalue weighted by atomic mass is 9.95. The summed E-state index contributed by atoms with van der Waals surface area (Å²) in [4.78, 5) is 12.7. The third kappa shape index (κ3) is 4.45. The molecule has 10 heteroatoms. The number of thiazole rings is 1. The minimum absolute atomic E-state index is 0.136. The maximum absolute atomic E-state index is 12.9. The van der Waals surface area contributed by atoms with Gasteiger partial charge in [-0.1, -0.05) is 6.07 Å². The molecule has 0 bridgehead atoms. The molecule has 3 aromatic rings. The van der Waals surface area contributed by atoms with Crippen molar-refractivity contribution in [1.82, 2.24) is 15.0 Å². The van der Waals surface area contributed by atoms with E-state index >= 15 is 0 Å². The number of hydrogen-bond acceptors (Lipinski definition) is 7. The van der Waals surface area contributed by atoms with Crippen LogP contribution in [0.2, 0.25) is 0 Å². The molecule has 0 radical (unpaired) electrons. The van der Waals surface area contributed by atoms with E-state index in [1.54, 1.807) is 18.3 Å². The van der Waals surface area contributed by atoms with Crippen molar-refractivity contribution in [2.45, 2.75) is 31.5 Å². The Morgan fingerprint density at radius 1 is 1.17 bits per heavy atom. The molecule has 0 unspecified atom stereocenters. The average Bonchev–Trinajstić information content (AvgIpc) is 3.19. The molecule has 4 rings (SSSR count). The van der Waals surface area contributed by atoms with Gasteiger partial charge in [0.15, 0.2) is 0 Å². The number of ether oxygens (including phenoxy) is 1. The Balaban J connectivity index is 1.60. The van der Waals surface area contributed by atoms with E-state index in [2.05, 4.69) is 20.3 Å². The Kier molecular flexibility index (Phi) is 5.48. The van der Waals surface area contributed by atoms with Crippen LogP contribution in [-0.2, 0) is 16.5 Å². The van der Waals surface area contributed by atoms with Crippen LogP contribution in [0.25, 0.3) is 10.4 Å². The van der Waals surface area contributed by atoms with Gasteiger partial charge in [0.2, 0.25) is 5.95 Å².